The van der Waals surface area contributed by atoms with Gasteiger partial charge in [-0.3, -0.25) is 0 Å². The molecule has 2 nitrogen and oxygen atoms in total. The van der Waals surface area contributed by atoms with Crippen LogP contribution in [0.1, 0.15) is 98.4 Å². The Kier molecular flexibility index (Phi) is 6.28. The van der Waals surface area contributed by atoms with E-state index in [-0.39, 0.29) is 22.2 Å². The van der Waals surface area contributed by atoms with Gasteiger partial charge in [0.05, 0.1) is 0 Å². The van der Waals surface area contributed by atoms with Crippen molar-refractivity contribution in [2.75, 3.05) is 4.90 Å². The van der Waals surface area contributed by atoms with Crippen LogP contribution in [-0.2, 0) is 21.8 Å². The van der Waals surface area contributed by atoms with Crippen LogP contribution in [0.4, 0.5) is 11.4 Å². The topological polar surface area (TPSA) is 16.4 Å². The van der Waals surface area contributed by atoms with Gasteiger partial charge in [-0.1, -0.05) is 147 Å². The number of furan rings is 1. The SMILES string of the molecule is CC1C=CC2(C)C3=C1C(C)c1c(oc4ccccc14)C3(C)N(c1ccc3c(c1)C1(CCC4(CC1)c1ccccc1-c1ccccc14)c1ccccc1-3)c1ccccc12. The van der Waals surface area contributed by atoms with Crippen LogP contribution < -0.4 is 4.90 Å². The molecule has 2 spiro atoms. The molecular formula is C56H47NO. The van der Waals surface area contributed by atoms with E-state index in [4.69, 9.17) is 4.42 Å². The number of hydrogen-bond acceptors (Lipinski definition) is 2. The van der Waals surface area contributed by atoms with Crippen LogP contribution in [0.25, 0.3) is 33.2 Å². The third-order valence-electron chi connectivity index (χ3n) is 16.3. The molecule has 1 saturated carbocycles. The van der Waals surface area contributed by atoms with Crippen LogP contribution in [-0.4, -0.2) is 0 Å². The van der Waals surface area contributed by atoms with E-state index in [0.717, 1.165) is 37.0 Å². The Balaban J connectivity index is 1.04. The molecule has 6 aromatic carbocycles. The van der Waals surface area contributed by atoms with Crippen molar-refractivity contribution in [2.45, 2.75) is 81.1 Å². The monoisotopic (exact) mass is 749 g/mol. The van der Waals surface area contributed by atoms with Gasteiger partial charge >= 0.3 is 0 Å². The smallest absolute Gasteiger partial charge is 0.139 e. The van der Waals surface area contributed by atoms with Crippen molar-refractivity contribution in [2.24, 2.45) is 5.92 Å². The molecule has 2 heteroatoms. The number of fused-ring (bicyclic) bond motifs is 16. The van der Waals surface area contributed by atoms with Crippen molar-refractivity contribution in [3.63, 3.8) is 0 Å². The van der Waals surface area contributed by atoms with Crippen LogP contribution in [0.15, 0.2) is 167 Å². The second-order valence-electron chi connectivity index (χ2n) is 18.7. The minimum absolute atomic E-state index is 0.0437. The first-order valence-electron chi connectivity index (χ1n) is 21.6. The zero-order valence-corrected chi connectivity index (χ0v) is 33.8. The molecule has 0 bridgehead atoms. The quantitative estimate of drug-likeness (QED) is 0.155. The Labute approximate surface area is 341 Å². The maximum Gasteiger partial charge on any atom is 0.139 e. The summed E-state index contributed by atoms with van der Waals surface area (Å²) in [5.41, 5.74) is 20.1. The van der Waals surface area contributed by atoms with Gasteiger partial charge < -0.3 is 9.32 Å². The van der Waals surface area contributed by atoms with Crippen molar-refractivity contribution in [1.29, 1.82) is 0 Å². The third-order valence-corrected chi connectivity index (χ3v) is 16.3. The molecule has 58 heavy (non-hydrogen) atoms. The van der Waals surface area contributed by atoms with Gasteiger partial charge in [0.2, 0.25) is 0 Å². The minimum Gasteiger partial charge on any atom is -0.458 e. The summed E-state index contributed by atoms with van der Waals surface area (Å²) in [6, 6.07) is 53.3. The average molecular weight is 750 g/mol. The van der Waals surface area contributed by atoms with E-state index in [9.17, 15) is 0 Å². The van der Waals surface area contributed by atoms with Crippen LogP contribution in [0, 0.1) is 5.92 Å². The zero-order chi connectivity index (χ0) is 38.8. The van der Waals surface area contributed by atoms with Crippen molar-refractivity contribution in [1.82, 2.24) is 0 Å². The summed E-state index contributed by atoms with van der Waals surface area (Å²) < 4.78 is 7.21. The summed E-state index contributed by atoms with van der Waals surface area (Å²) in [6.07, 6.45) is 9.46. The Morgan fingerprint density at radius 2 is 1.10 bits per heavy atom. The lowest BCUT2D eigenvalue weighted by atomic mass is 9.54. The standard InChI is InChI=1S/C56H47NO/c1-34-27-28-53(3)45-22-12-13-23-47(45)57(54(4)51(53)49(34)35(2)50-41-18-8-14-24-48(41)58-52(50)54)36-25-26-40-39-17-7-11-21-44(39)56(46(40)33-36)31-29-55(30-32-56)42-19-9-5-15-37(42)38-16-6-10-20-43(38)55/h5-28,33-35H,29-32H2,1-4H3. The largest absolute Gasteiger partial charge is 0.458 e. The molecule has 5 aliphatic carbocycles. The molecule has 0 amide bonds. The minimum atomic E-state index is -0.556. The predicted molar refractivity (Wildman–Crippen MR) is 237 cm³/mol. The zero-order valence-electron chi connectivity index (χ0n) is 33.8. The Bertz CT molecular complexity index is 2950. The molecule has 1 aliphatic heterocycles. The van der Waals surface area contributed by atoms with E-state index in [1.54, 1.807) is 5.57 Å². The molecular weight excluding hydrogens is 703 g/mol. The van der Waals surface area contributed by atoms with E-state index >= 15 is 0 Å². The molecule has 0 radical (unpaired) electrons. The summed E-state index contributed by atoms with van der Waals surface area (Å²) in [7, 11) is 0. The summed E-state index contributed by atoms with van der Waals surface area (Å²) in [6.45, 7) is 9.77. The van der Waals surface area contributed by atoms with Crippen molar-refractivity contribution in [3.05, 3.63) is 202 Å². The molecule has 4 unspecified atom stereocenters. The summed E-state index contributed by atoms with van der Waals surface area (Å²) in [5.74, 6) is 1.66. The highest BCUT2D eigenvalue weighted by Crippen LogP contribution is 2.68. The molecule has 4 atom stereocenters. The highest BCUT2D eigenvalue weighted by molar-refractivity contribution is 5.91. The second kappa shape index (κ2) is 11.0. The van der Waals surface area contributed by atoms with Gasteiger partial charge in [0, 0.05) is 44.5 Å². The predicted octanol–water partition coefficient (Wildman–Crippen LogP) is 14.2. The van der Waals surface area contributed by atoms with Crippen LogP contribution in [0.5, 0.6) is 0 Å². The normalized spacial score (nSPS) is 25.9. The Morgan fingerprint density at radius 1 is 0.569 bits per heavy atom. The second-order valence-corrected chi connectivity index (χ2v) is 18.7. The maximum atomic E-state index is 7.21. The van der Waals surface area contributed by atoms with Crippen molar-refractivity contribution >= 4 is 22.3 Å². The first-order chi connectivity index (χ1) is 28.3. The number of allylic oxidation sites excluding steroid dienone is 3. The lowest BCUT2D eigenvalue weighted by Crippen LogP contribution is -2.56. The summed E-state index contributed by atoms with van der Waals surface area (Å²) >= 11 is 0. The van der Waals surface area contributed by atoms with Gasteiger partial charge in [-0.15, -0.1) is 0 Å². The first-order valence-corrected chi connectivity index (χ1v) is 21.6. The van der Waals surface area contributed by atoms with Gasteiger partial charge in [0.15, 0.2) is 0 Å². The number of para-hydroxylation sites is 2. The molecule has 0 saturated heterocycles. The van der Waals surface area contributed by atoms with Gasteiger partial charge in [0.25, 0.3) is 0 Å². The van der Waals surface area contributed by atoms with Gasteiger partial charge in [-0.2, -0.15) is 0 Å². The van der Waals surface area contributed by atoms with Crippen LogP contribution in [0.3, 0.4) is 0 Å². The third kappa shape index (κ3) is 3.73. The molecule has 282 valence electrons. The van der Waals surface area contributed by atoms with E-state index in [1.807, 2.05) is 0 Å². The number of rotatable bonds is 1. The number of nitrogens with zero attached hydrogens (tertiary/aromatic N) is 1. The van der Waals surface area contributed by atoms with Gasteiger partial charge in [0.1, 0.15) is 16.9 Å². The molecule has 13 rings (SSSR count). The molecule has 1 aromatic heterocycles. The molecule has 0 N–H and O–H groups in total. The highest BCUT2D eigenvalue weighted by atomic mass is 16.3. The fourth-order valence-electron chi connectivity index (χ4n) is 13.9. The number of benzene rings is 6. The van der Waals surface area contributed by atoms with Crippen molar-refractivity contribution in [3.8, 4) is 22.3 Å². The number of anilines is 2. The fourth-order valence-corrected chi connectivity index (χ4v) is 13.9. The maximum absolute atomic E-state index is 7.21. The Morgan fingerprint density at radius 3 is 1.76 bits per heavy atom. The molecule has 1 fully saturated rings. The lowest BCUT2D eigenvalue weighted by Gasteiger charge is -2.58. The lowest BCUT2D eigenvalue weighted by molar-refractivity contribution is 0.265. The molecule has 2 heterocycles. The van der Waals surface area contributed by atoms with Gasteiger partial charge in [-0.05, 0) is 125 Å². The highest BCUT2D eigenvalue weighted by Gasteiger charge is 2.60. The summed E-state index contributed by atoms with van der Waals surface area (Å²) in [5, 5.41) is 1.24. The first kappa shape index (κ1) is 33.1. The van der Waals surface area contributed by atoms with Crippen LogP contribution in [0.2, 0.25) is 0 Å². The van der Waals surface area contributed by atoms with E-state index in [1.165, 1.54) is 78.0 Å². The fraction of sp³-hybridized carbons (Fsp3) is 0.250. The van der Waals surface area contributed by atoms with Gasteiger partial charge in [-0.25, -0.2) is 0 Å². The van der Waals surface area contributed by atoms with E-state index in [0.29, 0.717) is 5.92 Å². The van der Waals surface area contributed by atoms with Crippen molar-refractivity contribution < 1.29 is 4.42 Å². The Hall–Kier alpha value is -5.86. The molecule has 6 aliphatic rings. The van der Waals surface area contributed by atoms with Crippen LogP contribution >= 0.6 is 0 Å². The van der Waals surface area contributed by atoms with E-state index in [2.05, 4.69) is 184 Å². The average Bonchev–Trinajstić information content (AvgIpc) is 3.88. The van der Waals surface area contributed by atoms with E-state index < -0.39 is 5.54 Å². The summed E-state index contributed by atoms with van der Waals surface area (Å²) in [4.78, 5) is 2.70. The molecule has 7 aromatic rings. The number of hydrogen-bond donors (Lipinski definition) is 0.